The van der Waals surface area contributed by atoms with Gasteiger partial charge in [0.1, 0.15) is 4.32 Å². The van der Waals surface area contributed by atoms with Gasteiger partial charge in [-0.3, -0.25) is 14.5 Å². The molecular weight excluding hydrogens is 346 g/mol. The molecule has 1 aromatic rings. The largest absolute Gasteiger partial charge is 0.481 e. The van der Waals surface area contributed by atoms with E-state index in [-0.39, 0.29) is 12.3 Å². The fourth-order valence-electron chi connectivity index (χ4n) is 1.73. The van der Waals surface area contributed by atoms with Gasteiger partial charge in [-0.15, -0.1) is 23.1 Å². The van der Waals surface area contributed by atoms with Gasteiger partial charge >= 0.3 is 5.97 Å². The Morgan fingerprint density at radius 2 is 2.29 bits per heavy atom. The predicted molar refractivity (Wildman–Crippen MR) is 92.8 cm³/mol. The predicted octanol–water partition coefficient (Wildman–Crippen LogP) is 3.54. The second-order valence-electron chi connectivity index (χ2n) is 4.19. The first kappa shape index (κ1) is 16.5. The van der Waals surface area contributed by atoms with Crippen LogP contribution >= 0.6 is 47.1 Å². The molecule has 1 amide bonds. The summed E-state index contributed by atoms with van der Waals surface area (Å²) in [5.41, 5.74) is 0. The van der Waals surface area contributed by atoms with Crippen molar-refractivity contribution in [2.75, 3.05) is 12.8 Å². The molecule has 1 fully saturated rings. The number of carboxylic acid groups (broad SMARTS) is 1. The Kier molecular flexibility index (Phi) is 5.86. The molecule has 1 aliphatic rings. The molecule has 1 aromatic heterocycles. The molecule has 8 heteroatoms. The summed E-state index contributed by atoms with van der Waals surface area (Å²) in [6, 6.07) is 4.00. The van der Waals surface area contributed by atoms with Crippen LogP contribution in [0.15, 0.2) is 21.2 Å². The smallest absolute Gasteiger partial charge is 0.303 e. The lowest BCUT2D eigenvalue weighted by atomic mass is 10.3. The Balaban J connectivity index is 2.04. The van der Waals surface area contributed by atoms with Crippen LogP contribution in [0.5, 0.6) is 0 Å². The van der Waals surface area contributed by atoms with Crippen molar-refractivity contribution in [2.45, 2.75) is 17.1 Å². The van der Waals surface area contributed by atoms with Gasteiger partial charge in [0.25, 0.3) is 5.91 Å². The first-order valence-electron chi connectivity index (χ1n) is 6.12. The van der Waals surface area contributed by atoms with Crippen LogP contribution in [0, 0.1) is 0 Å². The highest BCUT2D eigenvalue weighted by Crippen LogP contribution is 2.35. The normalized spacial score (nSPS) is 17.0. The molecule has 0 spiro atoms. The third-order valence-corrected chi connectivity index (χ3v) is 6.22. The van der Waals surface area contributed by atoms with Gasteiger partial charge in [0.2, 0.25) is 0 Å². The molecule has 0 saturated carbocycles. The topological polar surface area (TPSA) is 57.6 Å². The molecule has 21 heavy (non-hydrogen) atoms. The molecule has 0 unspecified atom stereocenters. The summed E-state index contributed by atoms with van der Waals surface area (Å²) in [5, 5.41) is 8.64. The Labute approximate surface area is 140 Å². The number of carboxylic acids is 1. The van der Waals surface area contributed by atoms with Crippen molar-refractivity contribution in [3.8, 4) is 0 Å². The Hall–Kier alpha value is -0.830. The van der Waals surface area contributed by atoms with E-state index < -0.39 is 5.97 Å². The van der Waals surface area contributed by atoms with E-state index in [1.807, 2.05) is 24.5 Å². The summed E-state index contributed by atoms with van der Waals surface area (Å²) in [5.74, 6) is -0.992. The molecule has 1 N–H and O–H groups in total. The number of carbonyl (C=O) groups excluding carboxylic acids is 1. The van der Waals surface area contributed by atoms with Crippen LogP contribution < -0.4 is 0 Å². The number of amides is 1. The standard InChI is InChI=1S/C13H13NO3S4/c1-19-11-5-4-8(20-11)7-9-12(17)14(13(18)21-9)6-2-3-10(15)16/h4-5,7H,2-3,6H2,1H3,(H,15,16). The Morgan fingerprint density at radius 3 is 2.90 bits per heavy atom. The second-order valence-corrected chi connectivity index (χ2v) is 8.09. The third kappa shape index (κ3) is 4.32. The molecule has 1 saturated heterocycles. The van der Waals surface area contributed by atoms with E-state index in [0.29, 0.717) is 22.2 Å². The fraction of sp³-hybridized carbons (Fsp3) is 0.308. The number of rotatable bonds is 6. The average molecular weight is 360 g/mol. The van der Waals surface area contributed by atoms with Crippen molar-refractivity contribution in [1.29, 1.82) is 0 Å². The van der Waals surface area contributed by atoms with E-state index in [1.165, 1.54) is 20.9 Å². The van der Waals surface area contributed by atoms with Gasteiger partial charge in [-0.1, -0.05) is 24.0 Å². The van der Waals surface area contributed by atoms with Gasteiger partial charge in [0, 0.05) is 17.8 Å². The molecule has 0 aliphatic carbocycles. The van der Waals surface area contributed by atoms with E-state index in [1.54, 1.807) is 23.1 Å². The van der Waals surface area contributed by atoms with Crippen LogP contribution in [0.2, 0.25) is 0 Å². The number of thioether (sulfide) groups is 2. The molecule has 4 nitrogen and oxygen atoms in total. The van der Waals surface area contributed by atoms with Crippen molar-refractivity contribution in [1.82, 2.24) is 4.90 Å². The van der Waals surface area contributed by atoms with E-state index in [4.69, 9.17) is 17.3 Å². The highest BCUT2D eigenvalue weighted by atomic mass is 32.2. The molecule has 2 rings (SSSR count). The van der Waals surface area contributed by atoms with Crippen LogP contribution in [0.4, 0.5) is 0 Å². The van der Waals surface area contributed by atoms with Crippen LogP contribution in [-0.4, -0.2) is 39.0 Å². The highest BCUT2D eigenvalue weighted by molar-refractivity contribution is 8.26. The number of thiophene rings is 1. The molecule has 0 radical (unpaired) electrons. The van der Waals surface area contributed by atoms with Gasteiger partial charge in [0.05, 0.1) is 9.11 Å². The minimum atomic E-state index is -0.862. The number of thiocarbonyl (C=S) groups is 1. The zero-order valence-electron chi connectivity index (χ0n) is 11.2. The van der Waals surface area contributed by atoms with Gasteiger partial charge in [-0.05, 0) is 30.9 Å². The third-order valence-electron chi connectivity index (χ3n) is 2.72. The molecule has 112 valence electrons. The Morgan fingerprint density at radius 1 is 1.52 bits per heavy atom. The summed E-state index contributed by atoms with van der Waals surface area (Å²) < 4.78 is 1.69. The van der Waals surface area contributed by atoms with E-state index >= 15 is 0 Å². The zero-order chi connectivity index (χ0) is 15.4. The van der Waals surface area contributed by atoms with Gasteiger partial charge < -0.3 is 5.11 Å². The van der Waals surface area contributed by atoms with Gasteiger partial charge in [-0.25, -0.2) is 0 Å². The molecule has 0 bridgehead atoms. The first-order valence-corrected chi connectivity index (χ1v) is 9.39. The quantitative estimate of drug-likeness (QED) is 0.476. The summed E-state index contributed by atoms with van der Waals surface area (Å²) in [6.45, 7) is 0.356. The maximum atomic E-state index is 12.3. The van der Waals surface area contributed by atoms with E-state index in [0.717, 1.165) is 4.88 Å². The SMILES string of the molecule is CSc1ccc(C=C2SC(=S)N(CCCC(=O)O)C2=O)s1. The van der Waals surface area contributed by atoms with Gasteiger partial charge in [-0.2, -0.15) is 0 Å². The molecular formula is C13H13NO3S4. The van der Waals surface area contributed by atoms with Crippen molar-refractivity contribution in [3.63, 3.8) is 0 Å². The fourth-order valence-corrected chi connectivity index (χ4v) is 4.61. The maximum Gasteiger partial charge on any atom is 0.303 e. The molecule has 2 heterocycles. The summed E-state index contributed by atoms with van der Waals surface area (Å²) >= 11 is 9.77. The highest BCUT2D eigenvalue weighted by Gasteiger charge is 2.31. The van der Waals surface area contributed by atoms with E-state index in [2.05, 4.69) is 0 Å². The van der Waals surface area contributed by atoms with Crippen molar-refractivity contribution < 1.29 is 14.7 Å². The molecule has 0 atom stereocenters. The zero-order valence-corrected chi connectivity index (χ0v) is 14.5. The van der Waals surface area contributed by atoms with Crippen LogP contribution in [0.25, 0.3) is 6.08 Å². The maximum absolute atomic E-state index is 12.3. The number of nitrogens with zero attached hydrogens (tertiary/aromatic N) is 1. The number of hydrogen-bond donors (Lipinski definition) is 1. The number of carbonyl (C=O) groups is 2. The van der Waals surface area contributed by atoms with E-state index in [9.17, 15) is 9.59 Å². The van der Waals surface area contributed by atoms with Gasteiger partial charge in [0.15, 0.2) is 0 Å². The minimum Gasteiger partial charge on any atom is -0.481 e. The first-order chi connectivity index (χ1) is 10.0. The monoisotopic (exact) mass is 359 g/mol. The van der Waals surface area contributed by atoms with Crippen molar-refractivity contribution in [2.24, 2.45) is 0 Å². The lowest BCUT2D eigenvalue weighted by Gasteiger charge is -2.13. The Bertz CT molecular complexity index is 608. The summed E-state index contributed by atoms with van der Waals surface area (Å²) in [6.07, 6.45) is 4.31. The minimum absolute atomic E-state index is 0.0398. The number of hydrogen-bond acceptors (Lipinski definition) is 6. The number of aliphatic carboxylic acids is 1. The van der Waals surface area contributed by atoms with Crippen LogP contribution in [0.1, 0.15) is 17.7 Å². The molecule has 1 aliphatic heterocycles. The summed E-state index contributed by atoms with van der Waals surface area (Å²) in [7, 11) is 0. The molecule has 0 aromatic carbocycles. The van der Waals surface area contributed by atoms with Crippen LogP contribution in [0.3, 0.4) is 0 Å². The lowest BCUT2D eigenvalue weighted by Crippen LogP contribution is -2.29. The van der Waals surface area contributed by atoms with Crippen molar-refractivity contribution in [3.05, 3.63) is 21.9 Å². The second kappa shape index (κ2) is 7.44. The van der Waals surface area contributed by atoms with Crippen LogP contribution in [-0.2, 0) is 9.59 Å². The summed E-state index contributed by atoms with van der Waals surface area (Å²) in [4.78, 5) is 25.9. The lowest BCUT2D eigenvalue weighted by molar-refractivity contribution is -0.137. The van der Waals surface area contributed by atoms with Crippen molar-refractivity contribution >= 4 is 69.4 Å². The average Bonchev–Trinajstić information content (AvgIpc) is 2.98.